The number of nitrogens with zero attached hydrogens (tertiary/aromatic N) is 3. The molecule has 9 heteroatoms. The molecule has 1 aromatic rings. The van der Waals surface area contributed by atoms with Crippen molar-refractivity contribution < 1.29 is 24.0 Å². The van der Waals surface area contributed by atoms with Crippen molar-refractivity contribution in [3.63, 3.8) is 0 Å². The zero-order chi connectivity index (χ0) is 23.7. The van der Waals surface area contributed by atoms with Crippen LogP contribution in [0, 0.1) is 10.1 Å². The Morgan fingerprint density at radius 3 is 2.44 bits per heavy atom. The fourth-order valence-electron chi connectivity index (χ4n) is 3.69. The lowest BCUT2D eigenvalue weighted by atomic mass is 9.93. The first kappa shape index (κ1) is 25.0. The molecule has 2 rings (SSSR count). The van der Waals surface area contributed by atoms with Crippen molar-refractivity contribution in [2.24, 2.45) is 4.99 Å². The Bertz CT molecular complexity index is 909. The van der Waals surface area contributed by atoms with Crippen LogP contribution in [0.3, 0.4) is 0 Å². The summed E-state index contributed by atoms with van der Waals surface area (Å²) < 4.78 is 10.7. The fourth-order valence-corrected chi connectivity index (χ4v) is 3.69. The molecule has 0 aromatic heterocycles. The van der Waals surface area contributed by atoms with Gasteiger partial charge in [-0.3, -0.25) is 15.0 Å². The Balaban J connectivity index is 2.43. The van der Waals surface area contributed by atoms with Gasteiger partial charge in [-0.15, -0.1) is 0 Å². The van der Waals surface area contributed by atoms with Gasteiger partial charge >= 0.3 is 12.1 Å². The molecule has 1 heterocycles. The predicted molar refractivity (Wildman–Crippen MR) is 120 cm³/mol. The second-order valence-corrected chi connectivity index (χ2v) is 7.50. The van der Waals surface area contributed by atoms with E-state index >= 15 is 0 Å². The lowest BCUT2D eigenvalue weighted by molar-refractivity contribution is -0.385. The molecule has 1 amide bonds. The number of unbranched alkanes of at least 4 members (excludes halogenated alkanes) is 4. The Kier molecular flexibility index (Phi) is 9.37. The molecule has 174 valence electrons. The molecule has 0 N–H and O–H groups in total. The lowest BCUT2D eigenvalue weighted by Crippen LogP contribution is -2.44. The van der Waals surface area contributed by atoms with Gasteiger partial charge in [-0.05, 0) is 33.3 Å². The van der Waals surface area contributed by atoms with Gasteiger partial charge < -0.3 is 9.47 Å². The van der Waals surface area contributed by atoms with Gasteiger partial charge in [0.2, 0.25) is 0 Å². The Morgan fingerprint density at radius 1 is 1.09 bits per heavy atom. The van der Waals surface area contributed by atoms with E-state index in [1.54, 1.807) is 26.8 Å². The van der Waals surface area contributed by atoms with Gasteiger partial charge in [0.25, 0.3) is 5.69 Å². The number of hydrogen-bond acceptors (Lipinski definition) is 7. The molecule has 0 saturated heterocycles. The van der Waals surface area contributed by atoms with Crippen LogP contribution in [0.2, 0.25) is 0 Å². The minimum absolute atomic E-state index is 0.0756. The lowest BCUT2D eigenvalue weighted by Gasteiger charge is -2.35. The number of amidine groups is 1. The highest BCUT2D eigenvalue weighted by molar-refractivity contribution is 6.01. The van der Waals surface area contributed by atoms with E-state index < -0.39 is 23.0 Å². The van der Waals surface area contributed by atoms with Crippen LogP contribution in [-0.2, 0) is 14.3 Å². The molecule has 1 aliphatic heterocycles. The van der Waals surface area contributed by atoms with E-state index in [9.17, 15) is 19.7 Å². The van der Waals surface area contributed by atoms with Gasteiger partial charge in [-0.1, -0.05) is 44.7 Å². The number of rotatable bonds is 10. The number of esters is 1. The molecule has 0 aliphatic carbocycles. The molecule has 0 saturated carbocycles. The van der Waals surface area contributed by atoms with Crippen molar-refractivity contribution in [2.45, 2.75) is 65.8 Å². The average molecular weight is 446 g/mol. The van der Waals surface area contributed by atoms with Gasteiger partial charge in [0.1, 0.15) is 11.9 Å². The maximum Gasteiger partial charge on any atom is 0.416 e. The molecule has 1 aromatic carbocycles. The Labute approximate surface area is 188 Å². The number of allylic oxidation sites excluding steroid dienone is 1. The quantitative estimate of drug-likeness (QED) is 0.209. The number of carbonyl (C=O) groups is 2. The number of ether oxygens (including phenoxy) is 2. The molecule has 1 atom stereocenters. The first-order chi connectivity index (χ1) is 15.3. The molecule has 9 nitrogen and oxygen atoms in total. The van der Waals surface area contributed by atoms with E-state index in [1.165, 1.54) is 23.1 Å². The number of nitro benzene ring substituents is 1. The molecule has 1 aliphatic rings. The van der Waals surface area contributed by atoms with E-state index in [-0.39, 0.29) is 35.9 Å². The van der Waals surface area contributed by atoms with Gasteiger partial charge in [0, 0.05) is 6.07 Å². The number of aliphatic imine (C=N–C) groups is 1. The second kappa shape index (κ2) is 12.0. The summed E-state index contributed by atoms with van der Waals surface area (Å²) in [6.07, 6.45) is 4.24. The molecule has 0 spiro atoms. The zero-order valence-corrected chi connectivity index (χ0v) is 19.1. The van der Waals surface area contributed by atoms with Crippen LogP contribution in [0.25, 0.3) is 0 Å². The normalized spacial score (nSPS) is 15.9. The predicted octanol–water partition coefficient (Wildman–Crippen LogP) is 5.31. The summed E-state index contributed by atoms with van der Waals surface area (Å²) in [5, 5.41) is 11.7. The Morgan fingerprint density at radius 2 is 1.78 bits per heavy atom. The summed E-state index contributed by atoms with van der Waals surface area (Å²) in [6, 6.07) is 4.94. The molecule has 32 heavy (non-hydrogen) atoms. The van der Waals surface area contributed by atoms with Crippen LogP contribution in [0.1, 0.15) is 71.4 Å². The third-order valence-electron chi connectivity index (χ3n) is 5.19. The molecular formula is C23H31N3O6. The van der Waals surface area contributed by atoms with E-state index in [1.807, 2.05) is 0 Å². The number of carbonyl (C=O) groups excluding carboxylic acids is 2. The summed E-state index contributed by atoms with van der Waals surface area (Å²) in [4.78, 5) is 42.6. The summed E-state index contributed by atoms with van der Waals surface area (Å²) in [7, 11) is 0. The fraction of sp³-hybridized carbons (Fsp3) is 0.522. The molecule has 0 fully saturated rings. The van der Waals surface area contributed by atoms with Crippen molar-refractivity contribution in [3.8, 4) is 0 Å². The summed E-state index contributed by atoms with van der Waals surface area (Å²) in [5.41, 5.74) is 0.396. The first-order valence-corrected chi connectivity index (χ1v) is 11.0. The Hall–Kier alpha value is -3.23. The summed E-state index contributed by atoms with van der Waals surface area (Å²) in [5.74, 6) is -0.392. The van der Waals surface area contributed by atoms with Crippen molar-refractivity contribution in [2.75, 3.05) is 13.2 Å². The standard InChI is InChI=1S/C23H31N3O6/c1-5-7-8-9-12-15-32-23(28)25-17(4)24-16(3)20(22(27)31-6-2)21(25)18-13-10-11-14-19(18)26(29)30/h10-11,13-14,21H,5-9,12,15H2,1-4H3. The number of benzene rings is 1. The van der Waals surface area contributed by atoms with Crippen LogP contribution >= 0.6 is 0 Å². The van der Waals surface area contributed by atoms with E-state index in [2.05, 4.69) is 11.9 Å². The van der Waals surface area contributed by atoms with Crippen LogP contribution in [0.5, 0.6) is 0 Å². The summed E-state index contributed by atoms with van der Waals surface area (Å²) in [6.45, 7) is 7.34. The minimum Gasteiger partial charge on any atom is -0.463 e. The van der Waals surface area contributed by atoms with E-state index in [0.29, 0.717) is 12.1 Å². The second-order valence-electron chi connectivity index (χ2n) is 7.50. The van der Waals surface area contributed by atoms with Crippen LogP contribution in [-0.4, -0.2) is 40.9 Å². The van der Waals surface area contributed by atoms with Gasteiger partial charge in [0.15, 0.2) is 0 Å². The van der Waals surface area contributed by atoms with Crippen LogP contribution in [0.4, 0.5) is 10.5 Å². The number of amides is 1. The van der Waals surface area contributed by atoms with Crippen molar-refractivity contribution >= 4 is 23.6 Å². The van der Waals surface area contributed by atoms with Crippen molar-refractivity contribution in [3.05, 3.63) is 51.2 Å². The topological polar surface area (TPSA) is 111 Å². The largest absolute Gasteiger partial charge is 0.463 e. The SMILES string of the molecule is CCCCCCCOC(=O)N1C(C)=NC(C)=C(C(=O)OCC)C1c1ccccc1[N+](=O)[O-]. The third kappa shape index (κ3) is 5.93. The van der Waals surface area contributed by atoms with Crippen LogP contribution < -0.4 is 0 Å². The van der Waals surface area contributed by atoms with Crippen LogP contribution in [0.15, 0.2) is 40.5 Å². The van der Waals surface area contributed by atoms with Gasteiger partial charge in [0.05, 0.1) is 35.0 Å². The maximum atomic E-state index is 13.1. The van der Waals surface area contributed by atoms with Crippen molar-refractivity contribution in [1.29, 1.82) is 0 Å². The van der Waals surface area contributed by atoms with Gasteiger partial charge in [-0.2, -0.15) is 0 Å². The highest BCUT2D eigenvalue weighted by Crippen LogP contribution is 2.40. The molecule has 1 unspecified atom stereocenters. The molecule has 0 bridgehead atoms. The summed E-state index contributed by atoms with van der Waals surface area (Å²) >= 11 is 0. The minimum atomic E-state index is -1.08. The first-order valence-electron chi connectivity index (χ1n) is 11.0. The van der Waals surface area contributed by atoms with E-state index in [0.717, 1.165) is 25.7 Å². The highest BCUT2D eigenvalue weighted by atomic mass is 16.6. The third-order valence-corrected chi connectivity index (χ3v) is 5.19. The smallest absolute Gasteiger partial charge is 0.416 e. The maximum absolute atomic E-state index is 13.1. The zero-order valence-electron chi connectivity index (χ0n) is 19.1. The highest BCUT2D eigenvalue weighted by Gasteiger charge is 2.42. The van der Waals surface area contributed by atoms with Gasteiger partial charge in [-0.25, -0.2) is 14.6 Å². The molecule has 0 radical (unpaired) electrons. The number of hydrogen-bond donors (Lipinski definition) is 0. The van der Waals surface area contributed by atoms with Crippen molar-refractivity contribution in [1.82, 2.24) is 4.90 Å². The average Bonchev–Trinajstić information content (AvgIpc) is 2.75. The molecular weight excluding hydrogens is 414 g/mol. The number of para-hydroxylation sites is 1. The number of nitro groups is 1. The monoisotopic (exact) mass is 445 g/mol. The van der Waals surface area contributed by atoms with E-state index in [4.69, 9.17) is 9.47 Å².